The van der Waals surface area contributed by atoms with E-state index >= 15 is 0 Å². The molecule has 5 nitrogen and oxygen atoms in total. The monoisotopic (exact) mass is 401 g/mol. The van der Waals surface area contributed by atoms with Crippen molar-refractivity contribution in [2.45, 2.75) is 43.6 Å². The van der Waals surface area contributed by atoms with Crippen LogP contribution < -0.4 is 14.8 Å². The molecule has 1 saturated carbocycles. The zero-order chi connectivity index (χ0) is 19.8. The highest BCUT2D eigenvalue weighted by molar-refractivity contribution is 6.30. The quantitative estimate of drug-likeness (QED) is 0.797. The first-order valence-electron chi connectivity index (χ1n) is 9.58. The number of benzene rings is 2. The summed E-state index contributed by atoms with van der Waals surface area (Å²) in [5, 5.41) is 14.6. The average Bonchev–Trinajstić information content (AvgIpc) is 3.36. The molecule has 0 saturated heterocycles. The van der Waals surface area contributed by atoms with Crippen molar-refractivity contribution >= 4 is 17.5 Å². The molecule has 1 atom stereocenters. The van der Waals surface area contributed by atoms with Crippen molar-refractivity contribution in [3.8, 4) is 11.5 Å². The number of carbonyl (C=O) groups excluding carboxylic acids is 1. The molecule has 0 bridgehead atoms. The van der Waals surface area contributed by atoms with Crippen molar-refractivity contribution < 1.29 is 19.4 Å². The van der Waals surface area contributed by atoms with Gasteiger partial charge in [-0.3, -0.25) is 4.79 Å². The number of aliphatic hydroxyl groups is 1. The van der Waals surface area contributed by atoms with Crippen molar-refractivity contribution in [3.63, 3.8) is 0 Å². The molecule has 1 aliphatic carbocycles. The van der Waals surface area contributed by atoms with Gasteiger partial charge in [-0.15, -0.1) is 0 Å². The van der Waals surface area contributed by atoms with Gasteiger partial charge >= 0.3 is 0 Å². The van der Waals surface area contributed by atoms with E-state index in [1.54, 1.807) is 25.1 Å². The van der Waals surface area contributed by atoms with Crippen molar-refractivity contribution in [1.29, 1.82) is 0 Å². The molecule has 1 amide bonds. The largest absolute Gasteiger partial charge is 0.454 e. The van der Waals surface area contributed by atoms with Crippen molar-refractivity contribution in [2.24, 2.45) is 0 Å². The topological polar surface area (TPSA) is 67.8 Å². The molecule has 28 heavy (non-hydrogen) atoms. The van der Waals surface area contributed by atoms with Crippen LogP contribution in [0.1, 0.15) is 43.7 Å². The van der Waals surface area contributed by atoms with E-state index in [1.807, 2.05) is 24.3 Å². The van der Waals surface area contributed by atoms with Gasteiger partial charge in [-0.25, -0.2) is 0 Å². The summed E-state index contributed by atoms with van der Waals surface area (Å²) in [6, 6.07) is 12.9. The minimum atomic E-state index is -1.23. The van der Waals surface area contributed by atoms with Gasteiger partial charge < -0.3 is 19.9 Å². The van der Waals surface area contributed by atoms with Gasteiger partial charge in [0.15, 0.2) is 11.5 Å². The second kappa shape index (κ2) is 7.30. The third-order valence-corrected chi connectivity index (χ3v) is 6.13. The van der Waals surface area contributed by atoms with Gasteiger partial charge in [-0.2, -0.15) is 0 Å². The maximum atomic E-state index is 13.2. The highest BCUT2D eigenvalue weighted by Crippen LogP contribution is 2.42. The Morgan fingerprint density at radius 1 is 1.14 bits per heavy atom. The molecule has 2 aromatic carbocycles. The number of fused-ring (bicyclic) bond motifs is 1. The van der Waals surface area contributed by atoms with Crippen LogP contribution in [0, 0.1) is 0 Å². The second-order valence-corrected chi connectivity index (χ2v) is 8.26. The number of rotatable bonds is 5. The van der Waals surface area contributed by atoms with Crippen LogP contribution >= 0.6 is 11.6 Å². The van der Waals surface area contributed by atoms with E-state index in [0.29, 0.717) is 22.1 Å². The van der Waals surface area contributed by atoms with Gasteiger partial charge in [0.25, 0.3) is 0 Å². The average molecular weight is 402 g/mol. The number of hydrogen-bond acceptors (Lipinski definition) is 4. The number of halogens is 1. The highest BCUT2D eigenvalue weighted by Gasteiger charge is 2.43. The summed E-state index contributed by atoms with van der Waals surface area (Å²) >= 11 is 6.02. The molecule has 148 valence electrons. The summed E-state index contributed by atoms with van der Waals surface area (Å²) in [6.45, 7) is 1.98. The molecule has 1 aliphatic heterocycles. The summed E-state index contributed by atoms with van der Waals surface area (Å²) in [7, 11) is 0. The molecular formula is C22H24ClNO4. The van der Waals surface area contributed by atoms with Crippen LogP contribution in [-0.4, -0.2) is 24.4 Å². The smallest absolute Gasteiger partial charge is 0.231 e. The van der Waals surface area contributed by atoms with Gasteiger partial charge in [-0.1, -0.05) is 42.6 Å². The Morgan fingerprint density at radius 2 is 1.82 bits per heavy atom. The summed E-state index contributed by atoms with van der Waals surface area (Å²) < 4.78 is 10.7. The van der Waals surface area contributed by atoms with Gasteiger partial charge in [0.05, 0.1) is 12.0 Å². The van der Waals surface area contributed by atoms with Crippen molar-refractivity contribution in [3.05, 3.63) is 58.6 Å². The lowest BCUT2D eigenvalue weighted by molar-refractivity contribution is -0.127. The van der Waals surface area contributed by atoms with Crippen LogP contribution in [-0.2, 0) is 15.8 Å². The molecule has 1 fully saturated rings. The fourth-order valence-corrected chi connectivity index (χ4v) is 4.28. The first-order chi connectivity index (χ1) is 13.4. The number of carbonyl (C=O) groups is 1. The lowest BCUT2D eigenvalue weighted by Gasteiger charge is -2.31. The van der Waals surface area contributed by atoms with Crippen LogP contribution in [0.15, 0.2) is 42.5 Å². The van der Waals surface area contributed by atoms with Crippen LogP contribution in [0.3, 0.4) is 0 Å². The molecule has 2 aliphatic rings. The zero-order valence-electron chi connectivity index (χ0n) is 15.8. The minimum Gasteiger partial charge on any atom is -0.454 e. The lowest BCUT2D eigenvalue weighted by Crippen LogP contribution is -2.47. The Kier molecular flexibility index (Phi) is 4.98. The first kappa shape index (κ1) is 19.1. The molecule has 4 rings (SSSR count). The third kappa shape index (κ3) is 3.45. The van der Waals surface area contributed by atoms with Gasteiger partial charge in [0.1, 0.15) is 5.60 Å². The third-order valence-electron chi connectivity index (χ3n) is 5.88. The fourth-order valence-electron chi connectivity index (χ4n) is 4.15. The Morgan fingerprint density at radius 3 is 2.54 bits per heavy atom. The van der Waals surface area contributed by atoms with E-state index in [1.165, 1.54) is 0 Å². The molecule has 1 unspecified atom stereocenters. The molecule has 0 radical (unpaired) electrons. The number of hydrogen-bond donors (Lipinski definition) is 2. The Bertz CT molecular complexity index is 873. The molecule has 2 N–H and O–H groups in total. The Labute approximate surface area is 169 Å². The SMILES string of the molecule is CC(O)(CNC(=O)C1(c2ccc(Cl)cc2)CCCC1)c1ccc2c(c1)OCO2. The molecule has 1 heterocycles. The predicted molar refractivity (Wildman–Crippen MR) is 107 cm³/mol. The zero-order valence-corrected chi connectivity index (χ0v) is 16.6. The molecule has 2 aromatic rings. The maximum Gasteiger partial charge on any atom is 0.231 e. The van der Waals surface area contributed by atoms with E-state index in [4.69, 9.17) is 21.1 Å². The van der Waals surface area contributed by atoms with E-state index in [9.17, 15) is 9.90 Å². The van der Waals surface area contributed by atoms with Crippen LogP contribution in [0.2, 0.25) is 5.02 Å². The molecule has 0 aromatic heterocycles. The Hall–Kier alpha value is -2.24. The van der Waals surface area contributed by atoms with E-state index in [-0.39, 0.29) is 19.2 Å². The Balaban J connectivity index is 1.51. The second-order valence-electron chi connectivity index (χ2n) is 7.82. The summed E-state index contributed by atoms with van der Waals surface area (Å²) in [5.41, 5.74) is -0.134. The summed E-state index contributed by atoms with van der Waals surface area (Å²) in [6.07, 6.45) is 3.61. The van der Waals surface area contributed by atoms with Crippen molar-refractivity contribution in [1.82, 2.24) is 5.32 Å². The number of nitrogens with one attached hydrogen (secondary N) is 1. The minimum absolute atomic E-state index is 0.0478. The fraction of sp³-hybridized carbons (Fsp3) is 0.409. The van der Waals surface area contributed by atoms with Crippen LogP contribution in [0.4, 0.5) is 0 Å². The van der Waals surface area contributed by atoms with E-state index in [0.717, 1.165) is 31.2 Å². The van der Waals surface area contributed by atoms with Gasteiger partial charge in [0, 0.05) is 5.02 Å². The van der Waals surface area contributed by atoms with Crippen LogP contribution in [0.25, 0.3) is 0 Å². The first-order valence-corrected chi connectivity index (χ1v) is 9.95. The van der Waals surface area contributed by atoms with Crippen LogP contribution in [0.5, 0.6) is 11.5 Å². The highest BCUT2D eigenvalue weighted by atomic mass is 35.5. The normalized spacial score (nSPS) is 19.2. The molecule has 6 heteroatoms. The standard InChI is InChI=1S/C22H24ClNO4/c1-21(26,16-6-9-18-19(12-16)28-14-27-18)13-24-20(25)22(10-2-3-11-22)15-4-7-17(23)8-5-15/h4-9,12,26H,2-3,10-11,13-14H2,1H3,(H,24,25). The van der Waals surface area contributed by atoms with Gasteiger partial charge in [0.2, 0.25) is 12.7 Å². The number of amides is 1. The van der Waals surface area contributed by atoms with E-state index < -0.39 is 11.0 Å². The summed E-state index contributed by atoms with van der Waals surface area (Å²) in [4.78, 5) is 13.2. The predicted octanol–water partition coefficient (Wildman–Crippen LogP) is 3.90. The van der Waals surface area contributed by atoms with E-state index in [2.05, 4.69) is 5.32 Å². The summed E-state index contributed by atoms with van der Waals surface area (Å²) in [5.74, 6) is 1.22. The van der Waals surface area contributed by atoms with Gasteiger partial charge in [-0.05, 0) is 55.2 Å². The molecule has 0 spiro atoms. The number of ether oxygens (including phenoxy) is 2. The van der Waals surface area contributed by atoms with Crippen molar-refractivity contribution in [2.75, 3.05) is 13.3 Å². The lowest BCUT2D eigenvalue weighted by atomic mass is 9.78. The maximum absolute atomic E-state index is 13.2. The molecular weight excluding hydrogens is 378 g/mol.